The second-order valence-electron chi connectivity index (χ2n) is 7.51. The Morgan fingerprint density at radius 2 is 1.89 bits per heavy atom. The molecule has 1 unspecified atom stereocenters. The number of benzene rings is 1. The highest BCUT2D eigenvalue weighted by Crippen LogP contribution is 2.30. The third-order valence-corrected chi connectivity index (χ3v) is 6.14. The molecule has 8 nitrogen and oxygen atoms in total. The van der Waals surface area contributed by atoms with Crippen molar-refractivity contribution < 1.29 is 22.8 Å². The van der Waals surface area contributed by atoms with Crippen molar-refractivity contribution in [2.45, 2.75) is 31.3 Å². The number of imide groups is 1. The van der Waals surface area contributed by atoms with Crippen LogP contribution in [0.1, 0.15) is 25.3 Å². The highest BCUT2D eigenvalue weighted by atomic mass is 32.2. The first-order valence-electron chi connectivity index (χ1n) is 8.75. The smallest absolute Gasteiger partial charge is 0.325 e. The number of amides is 4. The van der Waals surface area contributed by atoms with Gasteiger partial charge >= 0.3 is 6.03 Å². The summed E-state index contributed by atoms with van der Waals surface area (Å²) in [5.41, 5.74) is -0.552. The SMILES string of the molecule is CC1(c2ccccc2)NC(=O)N(CC(=O)NC2CC(CS(C)(=O)=O)C2)C1=O. The van der Waals surface area contributed by atoms with Gasteiger partial charge in [-0.2, -0.15) is 0 Å². The van der Waals surface area contributed by atoms with E-state index in [-0.39, 0.29) is 24.3 Å². The second kappa shape index (κ2) is 6.95. The number of hydrogen-bond acceptors (Lipinski definition) is 5. The van der Waals surface area contributed by atoms with Gasteiger partial charge in [0, 0.05) is 12.3 Å². The van der Waals surface area contributed by atoms with Crippen molar-refractivity contribution >= 4 is 27.7 Å². The molecule has 0 spiro atoms. The maximum absolute atomic E-state index is 12.7. The summed E-state index contributed by atoms with van der Waals surface area (Å²) in [4.78, 5) is 38.1. The van der Waals surface area contributed by atoms with Crippen LogP contribution in [-0.4, -0.2) is 55.8 Å². The van der Waals surface area contributed by atoms with Crippen LogP contribution in [0.2, 0.25) is 0 Å². The van der Waals surface area contributed by atoms with Crippen molar-refractivity contribution in [3.05, 3.63) is 35.9 Å². The Kier molecular flexibility index (Phi) is 4.98. The minimum Gasteiger partial charge on any atom is -0.352 e. The Balaban J connectivity index is 1.56. The molecule has 1 saturated heterocycles. The molecule has 1 aromatic carbocycles. The highest BCUT2D eigenvalue weighted by Gasteiger charge is 2.49. The zero-order valence-electron chi connectivity index (χ0n) is 15.3. The van der Waals surface area contributed by atoms with E-state index in [1.807, 2.05) is 6.07 Å². The number of rotatable bonds is 6. The van der Waals surface area contributed by atoms with E-state index in [4.69, 9.17) is 0 Å². The van der Waals surface area contributed by atoms with E-state index in [0.29, 0.717) is 18.4 Å². The summed E-state index contributed by atoms with van der Waals surface area (Å²) >= 11 is 0. The van der Waals surface area contributed by atoms with Gasteiger partial charge in [-0.25, -0.2) is 13.2 Å². The van der Waals surface area contributed by atoms with Crippen molar-refractivity contribution in [3.63, 3.8) is 0 Å². The van der Waals surface area contributed by atoms with Crippen LogP contribution in [0, 0.1) is 5.92 Å². The molecule has 146 valence electrons. The number of carbonyl (C=O) groups excluding carboxylic acids is 3. The standard InChI is InChI=1S/C18H23N3O5S/c1-18(13-6-4-3-5-7-13)16(23)21(17(24)20-18)10-15(22)19-14-8-12(9-14)11-27(2,25)26/h3-7,12,14H,8-11H2,1-2H3,(H,19,22)(H,20,24). The van der Waals surface area contributed by atoms with Gasteiger partial charge in [-0.05, 0) is 31.2 Å². The molecule has 2 fully saturated rings. The molecule has 1 heterocycles. The number of hydrogen-bond donors (Lipinski definition) is 2. The third kappa shape index (κ3) is 4.13. The maximum Gasteiger partial charge on any atom is 0.325 e. The lowest BCUT2D eigenvalue weighted by Gasteiger charge is -2.35. The monoisotopic (exact) mass is 393 g/mol. The fraction of sp³-hybridized carbons (Fsp3) is 0.500. The van der Waals surface area contributed by atoms with E-state index >= 15 is 0 Å². The summed E-state index contributed by atoms with van der Waals surface area (Å²) in [6, 6.07) is 8.14. The second-order valence-corrected chi connectivity index (χ2v) is 9.69. The van der Waals surface area contributed by atoms with Gasteiger partial charge in [0.15, 0.2) is 0 Å². The van der Waals surface area contributed by atoms with Crippen LogP contribution in [0.25, 0.3) is 0 Å². The van der Waals surface area contributed by atoms with Crippen molar-refractivity contribution in [2.24, 2.45) is 5.92 Å². The molecular formula is C18H23N3O5S. The number of sulfone groups is 1. The summed E-state index contributed by atoms with van der Waals surface area (Å²) in [6.07, 6.45) is 2.36. The van der Waals surface area contributed by atoms with Crippen molar-refractivity contribution in [1.82, 2.24) is 15.5 Å². The molecule has 1 aliphatic carbocycles. The van der Waals surface area contributed by atoms with E-state index in [0.717, 1.165) is 4.90 Å². The van der Waals surface area contributed by atoms with Gasteiger partial charge in [0.05, 0.1) is 5.75 Å². The molecule has 0 radical (unpaired) electrons. The first-order valence-corrected chi connectivity index (χ1v) is 10.8. The van der Waals surface area contributed by atoms with Crippen LogP contribution in [0.4, 0.5) is 4.79 Å². The summed E-state index contributed by atoms with van der Waals surface area (Å²) in [5, 5.41) is 5.42. The third-order valence-electron chi connectivity index (χ3n) is 5.07. The van der Waals surface area contributed by atoms with Crippen LogP contribution < -0.4 is 10.6 Å². The predicted octanol–water partition coefficient (Wildman–Crippen LogP) is 0.393. The van der Waals surface area contributed by atoms with Gasteiger partial charge in [0.1, 0.15) is 21.9 Å². The summed E-state index contributed by atoms with van der Waals surface area (Å²) < 4.78 is 22.5. The topological polar surface area (TPSA) is 113 Å². The molecule has 1 saturated carbocycles. The zero-order valence-corrected chi connectivity index (χ0v) is 16.1. The number of nitrogens with zero attached hydrogens (tertiary/aromatic N) is 1. The van der Waals surface area contributed by atoms with Gasteiger partial charge in [0.25, 0.3) is 5.91 Å². The predicted molar refractivity (Wildman–Crippen MR) is 98.4 cm³/mol. The lowest BCUT2D eigenvalue weighted by Crippen LogP contribution is -2.50. The van der Waals surface area contributed by atoms with E-state index in [1.165, 1.54) is 6.26 Å². The molecule has 4 amide bonds. The van der Waals surface area contributed by atoms with Crippen LogP contribution in [0.5, 0.6) is 0 Å². The minimum absolute atomic E-state index is 0.0448. The zero-order chi connectivity index (χ0) is 19.8. The molecule has 0 bridgehead atoms. The molecular weight excluding hydrogens is 370 g/mol. The molecule has 9 heteroatoms. The van der Waals surface area contributed by atoms with Gasteiger partial charge in [-0.3, -0.25) is 14.5 Å². The van der Waals surface area contributed by atoms with Crippen LogP contribution in [-0.2, 0) is 25.0 Å². The highest BCUT2D eigenvalue weighted by molar-refractivity contribution is 7.90. The Morgan fingerprint density at radius 3 is 2.48 bits per heavy atom. The Hall–Kier alpha value is -2.42. The molecule has 3 rings (SSSR count). The van der Waals surface area contributed by atoms with Gasteiger partial charge in [-0.1, -0.05) is 30.3 Å². The lowest BCUT2D eigenvalue weighted by atomic mass is 9.81. The fourth-order valence-corrected chi connectivity index (χ4v) is 4.77. The Morgan fingerprint density at radius 1 is 1.26 bits per heavy atom. The molecule has 0 aromatic heterocycles. The molecule has 2 N–H and O–H groups in total. The summed E-state index contributed by atoms with van der Waals surface area (Å²) in [7, 11) is -3.03. The van der Waals surface area contributed by atoms with E-state index in [2.05, 4.69) is 10.6 Å². The van der Waals surface area contributed by atoms with Crippen molar-refractivity contribution in [1.29, 1.82) is 0 Å². The largest absolute Gasteiger partial charge is 0.352 e. The number of nitrogens with one attached hydrogen (secondary N) is 2. The molecule has 2 aliphatic rings. The normalized spacial score (nSPS) is 27.9. The number of urea groups is 1. The average molecular weight is 393 g/mol. The van der Waals surface area contributed by atoms with Crippen LogP contribution in [0.15, 0.2) is 30.3 Å². The van der Waals surface area contributed by atoms with Gasteiger partial charge in [-0.15, -0.1) is 0 Å². The number of carbonyl (C=O) groups is 3. The van der Waals surface area contributed by atoms with Crippen LogP contribution in [0.3, 0.4) is 0 Å². The van der Waals surface area contributed by atoms with E-state index < -0.39 is 33.2 Å². The Bertz CT molecular complexity index is 864. The first-order chi connectivity index (χ1) is 12.6. The first kappa shape index (κ1) is 19.3. The minimum atomic E-state index is -3.03. The lowest BCUT2D eigenvalue weighted by molar-refractivity contribution is -0.135. The van der Waals surface area contributed by atoms with E-state index in [9.17, 15) is 22.8 Å². The molecule has 1 atom stereocenters. The van der Waals surface area contributed by atoms with E-state index in [1.54, 1.807) is 31.2 Å². The fourth-order valence-electron chi connectivity index (χ4n) is 3.64. The molecule has 1 aliphatic heterocycles. The average Bonchev–Trinajstić information content (AvgIpc) is 2.77. The molecule has 27 heavy (non-hydrogen) atoms. The van der Waals surface area contributed by atoms with Gasteiger partial charge in [0.2, 0.25) is 5.91 Å². The van der Waals surface area contributed by atoms with Crippen LogP contribution >= 0.6 is 0 Å². The maximum atomic E-state index is 12.7. The summed E-state index contributed by atoms with van der Waals surface area (Å²) in [6.45, 7) is 1.25. The van der Waals surface area contributed by atoms with Crippen molar-refractivity contribution in [3.8, 4) is 0 Å². The quantitative estimate of drug-likeness (QED) is 0.679. The van der Waals surface area contributed by atoms with Crippen molar-refractivity contribution in [2.75, 3.05) is 18.6 Å². The summed E-state index contributed by atoms with van der Waals surface area (Å²) in [5.74, 6) is -0.749. The molecule has 1 aromatic rings. The van der Waals surface area contributed by atoms with Gasteiger partial charge < -0.3 is 10.6 Å². The Labute approximate surface area is 158 Å².